The van der Waals surface area contributed by atoms with Gasteiger partial charge < -0.3 is 15.0 Å². The van der Waals surface area contributed by atoms with E-state index in [0.29, 0.717) is 6.04 Å². The van der Waals surface area contributed by atoms with Gasteiger partial charge in [-0.1, -0.05) is 18.2 Å². The first kappa shape index (κ1) is 13.4. The third-order valence-corrected chi connectivity index (χ3v) is 3.56. The van der Waals surface area contributed by atoms with Crippen molar-refractivity contribution in [3.8, 4) is 5.75 Å². The van der Waals surface area contributed by atoms with Gasteiger partial charge in [-0.3, -0.25) is 0 Å². The highest BCUT2D eigenvalue weighted by Gasteiger charge is 2.16. The number of para-hydroxylation sites is 1. The molecule has 2 rings (SSSR count). The summed E-state index contributed by atoms with van der Waals surface area (Å²) >= 11 is 0. The van der Waals surface area contributed by atoms with Crippen molar-refractivity contribution in [2.24, 2.45) is 0 Å². The third-order valence-electron chi connectivity index (χ3n) is 3.56. The Morgan fingerprint density at radius 2 is 2.17 bits per heavy atom. The van der Waals surface area contributed by atoms with Gasteiger partial charge in [0, 0.05) is 19.1 Å². The minimum Gasteiger partial charge on any atom is -0.494 e. The van der Waals surface area contributed by atoms with Crippen molar-refractivity contribution in [3.63, 3.8) is 0 Å². The number of rotatable bonds is 6. The first-order valence-electron chi connectivity index (χ1n) is 6.95. The second kappa shape index (κ2) is 7.39. The van der Waals surface area contributed by atoms with E-state index in [1.54, 1.807) is 0 Å². The van der Waals surface area contributed by atoms with Crippen LogP contribution in [0.2, 0.25) is 0 Å². The van der Waals surface area contributed by atoms with E-state index in [1.807, 2.05) is 30.3 Å². The average Bonchev–Trinajstić information content (AvgIpc) is 2.45. The molecule has 0 aromatic heterocycles. The fourth-order valence-corrected chi connectivity index (χ4v) is 2.41. The van der Waals surface area contributed by atoms with E-state index in [1.165, 1.54) is 19.4 Å². The average molecular weight is 248 g/mol. The highest BCUT2D eigenvalue weighted by molar-refractivity contribution is 5.20. The Morgan fingerprint density at radius 3 is 2.89 bits per heavy atom. The molecule has 0 amide bonds. The van der Waals surface area contributed by atoms with Crippen molar-refractivity contribution in [2.45, 2.75) is 25.3 Å². The standard InChI is InChI=1S/C15H24N2O/c1-17(14-7-5-10-16-13-14)11-6-12-18-15-8-3-2-4-9-15/h2-4,8-9,14,16H,5-7,10-13H2,1H3. The molecular formula is C15H24N2O. The molecule has 100 valence electrons. The van der Waals surface area contributed by atoms with Gasteiger partial charge in [0.1, 0.15) is 5.75 Å². The van der Waals surface area contributed by atoms with Crippen LogP contribution in [0.15, 0.2) is 30.3 Å². The lowest BCUT2D eigenvalue weighted by Gasteiger charge is -2.31. The van der Waals surface area contributed by atoms with E-state index in [2.05, 4.69) is 17.3 Å². The Balaban J connectivity index is 1.60. The van der Waals surface area contributed by atoms with Crippen LogP contribution in [0.5, 0.6) is 5.75 Å². The van der Waals surface area contributed by atoms with Crippen molar-refractivity contribution in [1.29, 1.82) is 0 Å². The van der Waals surface area contributed by atoms with Crippen molar-refractivity contribution < 1.29 is 4.74 Å². The van der Waals surface area contributed by atoms with Gasteiger partial charge >= 0.3 is 0 Å². The number of nitrogens with one attached hydrogen (secondary N) is 1. The molecule has 18 heavy (non-hydrogen) atoms. The van der Waals surface area contributed by atoms with Crippen LogP contribution in [0.4, 0.5) is 0 Å². The van der Waals surface area contributed by atoms with E-state index >= 15 is 0 Å². The van der Waals surface area contributed by atoms with Gasteiger partial charge in [-0.05, 0) is 45.0 Å². The maximum absolute atomic E-state index is 5.70. The van der Waals surface area contributed by atoms with E-state index in [4.69, 9.17) is 4.74 Å². The number of hydrogen-bond acceptors (Lipinski definition) is 3. The highest BCUT2D eigenvalue weighted by atomic mass is 16.5. The van der Waals surface area contributed by atoms with Crippen LogP contribution < -0.4 is 10.1 Å². The van der Waals surface area contributed by atoms with Gasteiger partial charge in [0.05, 0.1) is 6.61 Å². The van der Waals surface area contributed by atoms with Gasteiger partial charge in [-0.2, -0.15) is 0 Å². The van der Waals surface area contributed by atoms with Crippen molar-refractivity contribution in [1.82, 2.24) is 10.2 Å². The van der Waals surface area contributed by atoms with Crippen LogP contribution in [0.25, 0.3) is 0 Å². The van der Waals surface area contributed by atoms with Crippen molar-refractivity contribution in [3.05, 3.63) is 30.3 Å². The molecular weight excluding hydrogens is 224 g/mol. The topological polar surface area (TPSA) is 24.5 Å². The van der Waals surface area contributed by atoms with Crippen LogP contribution in [0.3, 0.4) is 0 Å². The predicted octanol–water partition coefficient (Wildman–Crippen LogP) is 2.14. The smallest absolute Gasteiger partial charge is 0.119 e. The molecule has 1 saturated heterocycles. The van der Waals surface area contributed by atoms with Crippen LogP contribution >= 0.6 is 0 Å². The molecule has 1 aliphatic heterocycles. The van der Waals surface area contributed by atoms with Gasteiger partial charge in [0.2, 0.25) is 0 Å². The van der Waals surface area contributed by atoms with Crippen molar-refractivity contribution >= 4 is 0 Å². The molecule has 1 aromatic carbocycles. The monoisotopic (exact) mass is 248 g/mol. The molecule has 3 nitrogen and oxygen atoms in total. The van der Waals surface area contributed by atoms with Gasteiger partial charge in [0.15, 0.2) is 0 Å². The predicted molar refractivity (Wildman–Crippen MR) is 75.1 cm³/mol. The minimum absolute atomic E-state index is 0.704. The first-order valence-corrected chi connectivity index (χ1v) is 6.95. The summed E-state index contributed by atoms with van der Waals surface area (Å²) in [5, 5.41) is 3.46. The maximum Gasteiger partial charge on any atom is 0.119 e. The van der Waals surface area contributed by atoms with Crippen LogP contribution in [0.1, 0.15) is 19.3 Å². The molecule has 1 aromatic rings. The second-order valence-electron chi connectivity index (χ2n) is 5.00. The Labute approximate surface area is 110 Å². The van der Waals surface area contributed by atoms with Gasteiger partial charge in [-0.25, -0.2) is 0 Å². The fraction of sp³-hybridized carbons (Fsp3) is 0.600. The van der Waals surface area contributed by atoms with Crippen LogP contribution in [-0.2, 0) is 0 Å². The molecule has 1 atom stereocenters. The molecule has 3 heteroatoms. The van der Waals surface area contributed by atoms with E-state index in [-0.39, 0.29) is 0 Å². The number of piperidine rings is 1. The molecule has 0 radical (unpaired) electrons. The number of likely N-dealkylation sites (N-methyl/N-ethyl adjacent to an activating group) is 1. The largest absolute Gasteiger partial charge is 0.494 e. The summed E-state index contributed by atoms with van der Waals surface area (Å²) in [7, 11) is 2.22. The fourth-order valence-electron chi connectivity index (χ4n) is 2.41. The first-order chi connectivity index (χ1) is 8.86. The lowest BCUT2D eigenvalue weighted by molar-refractivity contribution is 0.186. The summed E-state index contributed by atoms with van der Waals surface area (Å²) in [6.45, 7) is 4.23. The summed E-state index contributed by atoms with van der Waals surface area (Å²) in [5.74, 6) is 0.972. The third kappa shape index (κ3) is 4.31. The number of ether oxygens (including phenoxy) is 1. The molecule has 1 N–H and O–H groups in total. The highest BCUT2D eigenvalue weighted by Crippen LogP contribution is 2.10. The van der Waals surface area contributed by atoms with E-state index in [9.17, 15) is 0 Å². The SMILES string of the molecule is CN(CCCOc1ccccc1)C1CCCNC1. The van der Waals surface area contributed by atoms with Gasteiger partial charge in [0.25, 0.3) is 0 Å². The lowest BCUT2D eigenvalue weighted by atomic mass is 10.1. The summed E-state index contributed by atoms with van der Waals surface area (Å²) < 4.78 is 5.70. The zero-order chi connectivity index (χ0) is 12.6. The second-order valence-corrected chi connectivity index (χ2v) is 5.00. The molecule has 0 bridgehead atoms. The quantitative estimate of drug-likeness (QED) is 0.781. The molecule has 1 heterocycles. The van der Waals surface area contributed by atoms with E-state index in [0.717, 1.165) is 31.9 Å². The maximum atomic E-state index is 5.70. The van der Waals surface area contributed by atoms with Crippen LogP contribution in [-0.4, -0.2) is 44.2 Å². The molecule has 1 unspecified atom stereocenters. The summed E-state index contributed by atoms with van der Waals surface area (Å²) in [4.78, 5) is 2.46. The zero-order valence-corrected chi connectivity index (χ0v) is 11.3. The normalized spacial score (nSPS) is 20.0. The zero-order valence-electron chi connectivity index (χ0n) is 11.3. The number of benzene rings is 1. The molecule has 1 aliphatic rings. The number of hydrogen-bond donors (Lipinski definition) is 1. The summed E-state index contributed by atoms with van der Waals surface area (Å²) in [6, 6.07) is 10.8. The molecule has 0 saturated carbocycles. The molecule has 0 aliphatic carbocycles. The van der Waals surface area contributed by atoms with Crippen molar-refractivity contribution in [2.75, 3.05) is 33.3 Å². The minimum atomic E-state index is 0.704. The molecule has 0 spiro atoms. The number of nitrogens with zero attached hydrogens (tertiary/aromatic N) is 1. The Hall–Kier alpha value is -1.06. The lowest BCUT2D eigenvalue weighted by Crippen LogP contribution is -2.44. The Morgan fingerprint density at radius 1 is 1.33 bits per heavy atom. The Kier molecular flexibility index (Phi) is 5.49. The van der Waals surface area contributed by atoms with Crippen LogP contribution in [0, 0.1) is 0 Å². The van der Waals surface area contributed by atoms with E-state index < -0.39 is 0 Å². The summed E-state index contributed by atoms with van der Waals surface area (Å²) in [6.07, 6.45) is 3.71. The Bertz CT molecular complexity index is 323. The van der Waals surface area contributed by atoms with Gasteiger partial charge in [-0.15, -0.1) is 0 Å². The molecule has 1 fully saturated rings. The summed E-state index contributed by atoms with van der Waals surface area (Å²) in [5.41, 5.74) is 0.